The minimum Gasteiger partial charge on any atom is -0.495 e. The van der Waals surface area contributed by atoms with E-state index in [1.165, 1.54) is 23.5 Å². The van der Waals surface area contributed by atoms with Crippen molar-refractivity contribution < 1.29 is 17.9 Å². The van der Waals surface area contributed by atoms with E-state index in [-0.39, 0.29) is 22.3 Å². The molecule has 0 spiro atoms. The minimum atomic E-state index is -3.81. The van der Waals surface area contributed by atoms with Crippen LogP contribution in [0.15, 0.2) is 71.8 Å². The van der Waals surface area contributed by atoms with Crippen molar-refractivity contribution in [3.8, 4) is 5.75 Å². The van der Waals surface area contributed by atoms with Gasteiger partial charge in [0.1, 0.15) is 10.6 Å². The maximum absolute atomic E-state index is 13.4. The van der Waals surface area contributed by atoms with E-state index in [1.807, 2.05) is 55.5 Å². The first-order valence-corrected chi connectivity index (χ1v) is 13.0. The molecular weight excluding hydrogens is 462 g/mol. The van der Waals surface area contributed by atoms with Gasteiger partial charge in [-0.3, -0.25) is 9.78 Å². The fraction of sp³-hybridized carbons (Fsp3) is 0.259. The zero-order valence-corrected chi connectivity index (χ0v) is 20.7. The van der Waals surface area contributed by atoms with E-state index in [4.69, 9.17) is 4.74 Å². The van der Waals surface area contributed by atoms with Crippen LogP contribution in [-0.2, 0) is 10.0 Å². The normalized spacial score (nSPS) is 16.8. The summed E-state index contributed by atoms with van der Waals surface area (Å²) >= 11 is 0. The van der Waals surface area contributed by atoms with Gasteiger partial charge >= 0.3 is 0 Å². The third-order valence-electron chi connectivity index (χ3n) is 6.03. The Hall–Kier alpha value is -3.49. The highest BCUT2D eigenvalue weighted by Crippen LogP contribution is 2.32. The fourth-order valence-corrected chi connectivity index (χ4v) is 6.04. The molecule has 1 aliphatic rings. The molecule has 7 nitrogen and oxygen atoms in total. The molecule has 1 saturated heterocycles. The fourth-order valence-electron chi connectivity index (χ4n) is 4.15. The number of carbonyl (C=O) groups is 1. The van der Waals surface area contributed by atoms with Gasteiger partial charge in [0.05, 0.1) is 12.8 Å². The third-order valence-corrected chi connectivity index (χ3v) is 8.07. The Morgan fingerprint density at radius 2 is 1.94 bits per heavy atom. The van der Waals surface area contributed by atoms with Crippen LogP contribution in [0.5, 0.6) is 5.75 Å². The molecule has 1 aliphatic heterocycles. The lowest BCUT2D eigenvalue weighted by atomic mass is 10.1. The number of carbonyl (C=O) groups excluding carboxylic acids is 1. The molecule has 0 saturated carbocycles. The number of hydrogen-bond acceptors (Lipinski definition) is 5. The van der Waals surface area contributed by atoms with Crippen molar-refractivity contribution in [1.29, 1.82) is 0 Å². The van der Waals surface area contributed by atoms with Gasteiger partial charge in [0, 0.05) is 30.0 Å². The van der Waals surface area contributed by atoms with Gasteiger partial charge in [-0.2, -0.15) is 4.31 Å². The number of methoxy groups -OCH3 is 1. The van der Waals surface area contributed by atoms with Crippen molar-refractivity contribution in [2.24, 2.45) is 0 Å². The number of piperidine rings is 1. The van der Waals surface area contributed by atoms with Crippen molar-refractivity contribution in [3.63, 3.8) is 0 Å². The number of anilines is 1. The number of amides is 1. The van der Waals surface area contributed by atoms with Crippen LogP contribution in [0.4, 0.5) is 5.69 Å². The number of nitrogens with one attached hydrogen (secondary N) is 1. The second-order valence-corrected chi connectivity index (χ2v) is 10.4. The summed E-state index contributed by atoms with van der Waals surface area (Å²) in [6, 6.07) is 17.5. The van der Waals surface area contributed by atoms with Gasteiger partial charge in [0.15, 0.2) is 0 Å². The number of benzene rings is 2. The van der Waals surface area contributed by atoms with Gasteiger partial charge in [-0.25, -0.2) is 8.42 Å². The Morgan fingerprint density at radius 3 is 2.69 bits per heavy atom. The monoisotopic (exact) mass is 491 g/mol. The van der Waals surface area contributed by atoms with Gasteiger partial charge in [-0.05, 0) is 73.9 Å². The lowest BCUT2D eigenvalue weighted by Crippen LogP contribution is -2.42. The van der Waals surface area contributed by atoms with Gasteiger partial charge in [-0.1, -0.05) is 30.7 Å². The van der Waals surface area contributed by atoms with Crippen LogP contribution in [0.25, 0.3) is 12.2 Å². The van der Waals surface area contributed by atoms with E-state index >= 15 is 0 Å². The Labute approximate surface area is 206 Å². The first kappa shape index (κ1) is 24.6. The van der Waals surface area contributed by atoms with Crippen LogP contribution in [0.1, 0.15) is 47.8 Å². The van der Waals surface area contributed by atoms with Gasteiger partial charge in [-0.15, -0.1) is 0 Å². The zero-order valence-electron chi connectivity index (χ0n) is 19.8. The molecule has 0 bridgehead atoms. The Bertz CT molecular complexity index is 1320. The topological polar surface area (TPSA) is 88.6 Å². The van der Waals surface area contributed by atoms with Gasteiger partial charge < -0.3 is 10.1 Å². The second-order valence-electron chi connectivity index (χ2n) is 8.49. The van der Waals surface area contributed by atoms with Crippen LogP contribution < -0.4 is 10.1 Å². The summed E-state index contributed by atoms with van der Waals surface area (Å²) in [4.78, 5) is 17.3. The maximum atomic E-state index is 13.4. The van der Waals surface area contributed by atoms with Crippen molar-refractivity contribution in [3.05, 3.63) is 83.7 Å². The average Bonchev–Trinajstić information content (AvgIpc) is 2.88. The lowest BCUT2D eigenvalue weighted by Gasteiger charge is -2.32. The number of sulfonamides is 1. The molecule has 1 atom stereocenters. The highest BCUT2D eigenvalue weighted by Gasteiger charge is 2.33. The lowest BCUT2D eigenvalue weighted by molar-refractivity contribution is 0.102. The number of rotatable bonds is 7. The summed E-state index contributed by atoms with van der Waals surface area (Å²) < 4.78 is 33.7. The summed E-state index contributed by atoms with van der Waals surface area (Å²) in [7, 11) is -2.38. The summed E-state index contributed by atoms with van der Waals surface area (Å²) in [6.45, 7) is 2.37. The van der Waals surface area contributed by atoms with Crippen molar-refractivity contribution in [1.82, 2.24) is 9.29 Å². The van der Waals surface area contributed by atoms with Gasteiger partial charge in [0.25, 0.3) is 5.91 Å². The quantitative estimate of drug-likeness (QED) is 0.498. The first-order valence-electron chi connectivity index (χ1n) is 11.6. The molecule has 3 aromatic rings. The highest BCUT2D eigenvalue weighted by atomic mass is 32.2. The van der Waals surface area contributed by atoms with Crippen LogP contribution in [0.2, 0.25) is 0 Å². The van der Waals surface area contributed by atoms with Crippen molar-refractivity contribution in [2.45, 2.75) is 37.1 Å². The smallest absolute Gasteiger partial charge is 0.255 e. The minimum absolute atomic E-state index is 0.00782. The summed E-state index contributed by atoms with van der Waals surface area (Å²) in [5.41, 5.74) is 2.56. The molecule has 0 radical (unpaired) electrons. The Kier molecular flexibility index (Phi) is 7.63. The molecular formula is C27H29N3O4S. The summed E-state index contributed by atoms with van der Waals surface area (Å²) in [6.07, 6.45) is 8.16. The molecule has 1 fully saturated rings. The molecule has 1 N–H and O–H groups in total. The molecule has 0 aliphatic carbocycles. The van der Waals surface area contributed by atoms with Crippen LogP contribution >= 0.6 is 0 Å². The van der Waals surface area contributed by atoms with E-state index in [0.29, 0.717) is 12.2 Å². The van der Waals surface area contributed by atoms with E-state index in [0.717, 1.165) is 30.5 Å². The highest BCUT2D eigenvalue weighted by molar-refractivity contribution is 7.89. The van der Waals surface area contributed by atoms with E-state index < -0.39 is 15.9 Å². The zero-order chi connectivity index (χ0) is 24.8. The molecule has 2 heterocycles. The number of aromatic nitrogens is 1. The van der Waals surface area contributed by atoms with Crippen LogP contribution in [-0.4, -0.2) is 43.3 Å². The standard InChI is InChI=1S/C27H29N3O4S/c1-20-8-4-6-17-30(20)35(32,33)26-19-22(13-15-25(26)34-2)27(31)29-24-11-7-9-21(18-24)12-14-23-10-3-5-16-28-23/h3,5,7,9-16,18-20H,4,6,8,17H2,1-2H3,(H,29,31)/b14-12+. The van der Waals surface area contributed by atoms with Crippen LogP contribution in [0, 0.1) is 0 Å². The predicted octanol–water partition coefficient (Wildman–Crippen LogP) is 5.08. The number of nitrogens with zero attached hydrogens (tertiary/aromatic N) is 2. The molecule has 35 heavy (non-hydrogen) atoms. The number of pyridine rings is 1. The first-order chi connectivity index (χ1) is 16.9. The summed E-state index contributed by atoms with van der Waals surface area (Å²) in [5.74, 6) is -0.178. The molecule has 1 amide bonds. The maximum Gasteiger partial charge on any atom is 0.255 e. The van der Waals surface area contributed by atoms with E-state index in [1.54, 1.807) is 18.3 Å². The third kappa shape index (κ3) is 5.78. The summed E-state index contributed by atoms with van der Waals surface area (Å²) in [5, 5.41) is 2.86. The van der Waals surface area contributed by atoms with Crippen LogP contribution in [0.3, 0.4) is 0 Å². The average molecular weight is 492 g/mol. The molecule has 1 unspecified atom stereocenters. The van der Waals surface area contributed by atoms with E-state index in [9.17, 15) is 13.2 Å². The largest absolute Gasteiger partial charge is 0.495 e. The second kappa shape index (κ2) is 10.8. The Balaban J connectivity index is 1.56. The molecule has 1 aromatic heterocycles. The molecule has 4 rings (SSSR count). The number of hydrogen-bond donors (Lipinski definition) is 1. The van der Waals surface area contributed by atoms with Crippen molar-refractivity contribution >= 4 is 33.8 Å². The molecule has 8 heteroatoms. The Morgan fingerprint density at radius 1 is 1.09 bits per heavy atom. The molecule has 2 aromatic carbocycles. The number of ether oxygens (including phenoxy) is 1. The van der Waals surface area contributed by atoms with Crippen molar-refractivity contribution in [2.75, 3.05) is 19.0 Å². The van der Waals surface area contributed by atoms with Gasteiger partial charge in [0.2, 0.25) is 10.0 Å². The van der Waals surface area contributed by atoms with E-state index in [2.05, 4.69) is 10.3 Å². The SMILES string of the molecule is COc1ccc(C(=O)Nc2cccc(/C=C/c3ccccn3)c2)cc1S(=O)(=O)N1CCCCC1C. The molecule has 182 valence electrons. The predicted molar refractivity (Wildman–Crippen MR) is 138 cm³/mol.